The lowest BCUT2D eigenvalue weighted by atomic mass is 10.0. The highest BCUT2D eigenvalue weighted by Crippen LogP contribution is 2.29. The molecule has 0 saturated carbocycles. The molecule has 6 N–H and O–H groups in total. The highest BCUT2D eigenvalue weighted by atomic mass is 19.1. The Bertz CT molecular complexity index is 1010. The van der Waals surface area contributed by atoms with E-state index in [4.69, 9.17) is 31.1 Å². The molecule has 0 aliphatic carbocycles. The van der Waals surface area contributed by atoms with E-state index >= 15 is 0 Å². The predicted octanol–water partition coefficient (Wildman–Crippen LogP) is 1.90. The second-order valence-corrected chi connectivity index (χ2v) is 6.54. The van der Waals surface area contributed by atoms with E-state index in [2.05, 4.69) is 5.32 Å². The largest absolute Gasteiger partial charge is 0.497 e. The zero-order valence-corrected chi connectivity index (χ0v) is 17.7. The van der Waals surface area contributed by atoms with Gasteiger partial charge in [0.2, 0.25) is 5.91 Å². The van der Waals surface area contributed by atoms with Crippen LogP contribution in [0.5, 0.6) is 5.75 Å². The van der Waals surface area contributed by atoms with Gasteiger partial charge in [0, 0.05) is 42.5 Å². The first-order valence-corrected chi connectivity index (χ1v) is 9.40. The van der Waals surface area contributed by atoms with Crippen molar-refractivity contribution in [2.75, 3.05) is 20.8 Å². The third-order valence-corrected chi connectivity index (χ3v) is 4.54. The van der Waals surface area contributed by atoms with E-state index < -0.39 is 41.3 Å². The molecule has 2 atom stereocenters. The first-order valence-electron chi connectivity index (χ1n) is 9.40. The van der Waals surface area contributed by atoms with Crippen LogP contribution in [-0.4, -0.2) is 38.5 Å². The van der Waals surface area contributed by atoms with E-state index in [1.807, 2.05) is 0 Å². The van der Waals surface area contributed by atoms with E-state index in [1.54, 1.807) is 6.92 Å². The van der Waals surface area contributed by atoms with Gasteiger partial charge in [-0.1, -0.05) is 12.1 Å². The van der Waals surface area contributed by atoms with Crippen LogP contribution >= 0.6 is 0 Å². The first-order chi connectivity index (χ1) is 15.1. The van der Waals surface area contributed by atoms with Crippen molar-refractivity contribution >= 4 is 17.6 Å². The Morgan fingerprint density at radius 1 is 1.12 bits per heavy atom. The minimum atomic E-state index is -1.66. The van der Waals surface area contributed by atoms with Crippen LogP contribution in [0, 0.1) is 17.0 Å². The summed E-state index contributed by atoms with van der Waals surface area (Å²) in [6.07, 6.45) is -2.88. The Balaban J connectivity index is 2.43. The van der Waals surface area contributed by atoms with Crippen molar-refractivity contribution in [2.24, 2.45) is 11.5 Å². The van der Waals surface area contributed by atoms with Crippen molar-refractivity contribution in [3.05, 3.63) is 64.2 Å². The number of amidine groups is 1. The number of carbonyl (C=O) groups excluding carboxylic acids is 2. The van der Waals surface area contributed by atoms with Crippen LogP contribution in [0.3, 0.4) is 0 Å². The van der Waals surface area contributed by atoms with Crippen LogP contribution in [0.2, 0.25) is 0 Å². The number of benzene rings is 2. The molecule has 32 heavy (non-hydrogen) atoms. The van der Waals surface area contributed by atoms with E-state index in [0.717, 1.165) is 12.1 Å². The van der Waals surface area contributed by atoms with Crippen molar-refractivity contribution in [3.63, 3.8) is 0 Å². The maximum absolute atomic E-state index is 14.6. The number of methoxy groups -OCH3 is 2. The van der Waals surface area contributed by atoms with E-state index in [9.17, 15) is 18.4 Å². The molecular formula is C21H24F2N4O5. The van der Waals surface area contributed by atoms with Gasteiger partial charge in [-0.05, 0) is 13.0 Å². The second kappa shape index (κ2) is 10.6. The summed E-state index contributed by atoms with van der Waals surface area (Å²) in [6.45, 7) is 1.53. The number of nitrogens with two attached hydrogens (primary N) is 2. The molecule has 2 aromatic rings. The number of nitrogens with one attached hydrogen (secondary N) is 2. The quantitative estimate of drug-likeness (QED) is 0.247. The van der Waals surface area contributed by atoms with Gasteiger partial charge in [-0.15, -0.1) is 0 Å². The lowest BCUT2D eigenvalue weighted by Crippen LogP contribution is -2.36. The monoisotopic (exact) mass is 450 g/mol. The van der Waals surface area contributed by atoms with E-state index in [0.29, 0.717) is 0 Å². The zero-order valence-electron chi connectivity index (χ0n) is 17.7. The van der Waals surface area contributed by atoms with E-state index in [-0.39, 0.29) is 34.9 Å². The Labute approximate surface area is 183 Å². The van der Waals surface area contributed by atoms with Crippen molar-refractivity contribution < 1.29 is 32.6 Å². The van der Waals surface area contributed by atoms with Crippen molar-refractivity contribution in [1.82, 2.24) is 5.32 Å². The standard InChI is InChI=1S/C21H24F2N4O5/c1-4-32-17(16-14(22)8-11(30-2)9-15(16)23)20(29)27-21(31-3)12-6-5-10(18(24)25)7-13(12)19(26)28/h5-9,17,21H,4H2,1-3H3,(H3,24,25)(H2,26,28)(H,27,29)/t17-,21+/m0/s1. The van der Waals surface area contributed by atoms with Gasteiger partial charge in [0.25, 0.3) is 5.91 Å². The second-order valence-electron chi connectivity index (χ2n) is 6.54. The molecule has 0 aliphatic rings. The number of rotatable bonds is 10. The zero-order chi connectivity index (χ0) is 24.0. The smallest absolute Gasteiger partial charge is 0.256 e. The molecule has 2 aromatic carbocycles. The summed E-state index contributed by atoms with van der Waals surface area (Å²) < 4.78 is 44.5. The normalized spacial score (nSPS) is 12.7. The van der Waals surface area contributed by atoms with Crippen LogP contribution in [0.15, 0.2) is 30.3 Å². The lowest BCUT2D eigenvalue weighted by Gasteiger charge is -2.24. The van der Waals surface area contributed by atoms with Crippen LogP contribution in [-0.2, 0) is 14.3 Å². The van der Waals surface area contributed by atoms with Crippen molar-refractivity contribution in [1.29, 1.82) is 5.41 Å². The minimum Gasteiger partial charge on any atom is -0.497 e. The number of amides is 2. The molecule has 11 heteroatoms. The molecule has 2 rings (SSSR count). The number of hydrogen-bond donors (Lipinski definition) is 4. The SMILES string of the molecule is CCO[C@H](C(=O)N[C@H](OC)c1ccc(C(=N)N)cc1C(N)=O)c1c(F)cc(OC)cc1F. The van der Waals surface area contributed by atoms with E-state index in [1.165, 1.54) is 32.4 Å². The van der Waals surface area contributed by atoms with Crippen molar-refractivity contribution in [3.8, 4) is 5.75 Å². The fraction of sp³-hybridized carbons (Fsp3) is 0.286. The number of primary amides is 1. The van der Waals surface area contributed by atoms with Gasteiger partial charge in [0.15, 0.2) is 12.3 Å². The molecule has 0 aliphatic heterocycles. The summed E-state index contributed by atoms with van der Waals surface area (Å²) in [5, 5.41) is 9.95. The lowest BCUT2D eigenvalue weighted by molar-refractivity contribution is -0.137. The van der Waals surface area contributed by atoms with Crippen LogP contribution < -0.4 is 21.5 Å². The highest BCUT2D eigenvalue weighted by molar-refractivity contribution is 6.00. The van der Waals surface area contributed by atoms with Gasteiger partial charge in [-0.2, -0.15) is 0 Å². The van der Waals surface area contributed by atoms with Gasteiger partial charge >= 0.3 is 0 Å². The Morgan fingerprint density at radius 2 is 1.75 bits per heavy atom. The number of halogens is 2. The minimum absolute atomic E-state index is 0.0273. The summed E-state index contributed by atoms with van der Waals surface area (Å²) in [5.74, 6) is -4.20. The Kier molecular flexibility index (Phi) is 8.21. The summed E-state index contributed by atoms with van der Waals surface area (Å²) in [5.41, 5.74) is 10.6. The molecular weight excluding hydrogens is 426 g/mol. The highest BCUT2D eigenvalue weighted by Gasteiger charge is 2.31. The average molecular weight is 450 g/mol. The molecule has 0 saturated heterocycles. The fourth-order valence-corrected chi connectivity index (χ4v) is 3.02. The summed E-state index contributed by atoms with van der Waals surface area (Å²) in [6, 6.07) is 5.97. The Morgan fingerprint density at radius 3 is 2.22 bits per heavy atom. The predicted molar refractivity (Wildman–Crippen MR) is 111 cm³/mol. The molecule has 0 spiro atoms. The van der Waals surface area contributed by atoms with Crippen molar-refractivity contribution in [2.45, 2.75) is 19.3 Å². The molecule has 0 bridgehead atoms. The van der Waals surface area contributed by atoms with Gasteiger partial charge < -0.3 is 31.0 Å². The topological polar surface area (TPSA) is 150 Å². The van der Waals surface area contributed by atoms with Gasteiger partial charge in [-0.25, -0.2) is 8.78 Å². The molecule has 2 amide bonds. The van der Waals surface area contributed by atoms with Gasteiger partial charge in [0.05, 0.1) is 12.7 Å². The summed E-state index contributed by atoms with van der Waals surface area (Å²) >= 11 is 0. The summed E-state index contributed by atoms with van der Waals surface area (Å²) in [4.78, 5) is 24.9. The molecule has 0 heterocycles. The maximum Gasteiger partial charge on any atom is 0.256 e. The summed E-state index contributed by atoms with van der Waals surface area (Å²) in [7, 11) is 2.50. The van der Waals surface area contributed by atoms with Crippen LogP contribution in [0.4, 0.5) is 8.78 Å². The van der Waals surface area contributed by atoms with Gasteiger partial charge in [0.1, 0.15) is 23.2 Å². The van der Waals surface area contributed by atoms with Gasteiger partial charge in [-0.3, -0.25) is 15.0 Å². The first kappa shape index (κ1) is 24.7. The molecule has 0 radical (unpaired) electrons. The van der Waals surface area contributed by atoms with Crippen LogP contribution in [0.25, 0.3) is 0 Å². The molecule has 0 fully saturated rings. The number of hydrogen-bond acceptors (Lipinski definition) is 6. The Hall–Kier alpha value is -3.57. The van der Waals surface area contributed by atoms with Crippen LogP contribution in [0.1, 0.15) is 46.3 Å². The number of ether oxygens (including phenoxy) is 3. The molecule has 0 aromatic heterocycles. The molecule has 9 nitrogen and oxygen atoms in total. The third-order valence-electron chi connectivity index (χ3n) is 4.54. The average Bonchev–Trinajstić information content (AvgIpc) is 2.75. The maximum atomic E-state index is 14.6. The molecule has 172 valence electrons. The fourth-order valence-electron chi connectivity index (χ4n) is 3.02. The molecule has 0 unspecified atom stereocenters. The number of carbonyl (C=O) groups is 2. The number of nitrogen functional groups attached to an aromatic ring is 1. The third kappa shape index (κ3) is 5.37.